The average Bonchev–Trinajstić information content (AvgIpc) is 2.63. The number of thioether (sulfide) groups is 1. The van der Waals surface area contributed by atoms with E-state index in [4.69, 9.17) is 4.74 Å². The fourth-order valence-corrected chi connectivity index (χ4v) is 4.36. The molecule has 1 amide bonds. The molecule has 1 saturated heterocycles. The molecule has 2 aromatic carbocycles. The van der Waals surface area contributed by atoms with Crippen molar-refractivity contribution in [2.24, 2.45) is 0 Å². The van der Waals surface area contributed by atoms with Crippen molar-refractivity contribution < 1.29 is 9.53 Å². The second-order valence-electron chi connectivity index (χ2n) is 7.15. The van der Waals surface area contributed by atoms with E-state index in [0.29, 0.717) is 5.75 Å². The highest BCUT2D eigenvalue weighted by Crippen LogP contribution is 2.27. The number of ether oxygens (including phenoxy) is 1. The molecule has 1 N–H and O–H groups in total. The maximum absolute atomic E-state index is 12.3. The molecular formula is C22H28N2O2S. The molecule has 1 aliphatic rings. The Kier molecular flexibility index (Phi) is 6.94. The number of rotatable bonds is 6. The van der Waals surface area contributed by atoms with Gasteiger partial charge in [-0.2, -0.15) is 0 Å². The molecule has 0 bridgehead atoms. The van der Waals surface area contributed by atoms with E-state index in [1.807, 2.05) is 12.1 Å². The lowest BCUT2D eigenvalue weighted by molar-refractivity contribution is -0.113. The molecule has 0 radical (unpaired) electrons. The van der Waals surface area contributed by atoms with Gasteiger partial charge in [-0.3, -0.25) is 9.69 Å². The van der Waals surface area contributed by atoms with E-state index < -0.39 is 0 Å². The SMILES string of the molecule is Cc1cc(C)c(SCC(=O)Nc2ccc(CN3CCOCC3)cc2)c(C)c1. The number of morpholine rings is 1. The van der Waals surface area contributed by atoms with Crippen molar-refractivity contribution in [1.29, 1.82) is 0 Å². The molecule has 1 heterocycles. The van der Waals surface area contributed by atoms with E-state index in [0.717, 1.165) is 38.5 Å². The van der Waals surface area contributed by atoms with Gasteiger partial charge in [0.05, 0.1) is 19.0 Å². The summed E-state index contributed by atoms with van der Waals surface area (Å²) in [6, 6.07) is 12.5. The highest BCUT2D eigenvalue weighted by Gasteiger charge is 2.11. The van der Waals surface area contributed by atoms with Gasteiger partial charge >= 0.3 is 0 Å². The van der Waals surface area contributed by atoms with Gasteiger partial charge in [0.2, 0.25) is 5.91 Å². The largest absolute Gasteiger partial charge is 0.379 e. The molecule has 0 unspecified atom stereocenters. The Hall–Kier alpha value is -1.82. The zero-order valence-corrected chi connectivity index (χ0v) is 17.2. The number of benzene rings is 2. The van der Waals surface area contributed by atoms with Gasteiger partial charge in [0.15, 0.2) is 0 Å². The first-order chi connectivity index (χ1) is 13.0. The summed E-state index contributed by atoms with van der Waals surface area (Å²) in [5.74, 6) is 0.445. The second kappa shape index (κ2) is 9.40. The van der Waals surface area contributed by atoms with Crippen molar-refractivity contribution in [2.75, 3.05) is 37.4 Å². The Labute approximate surface area is 166 Å². The number of hydrogen-bond acceptors (Lipinski definition) is 4. The van der Waals surface area contributed by atoms with E-state index in [2.05, 4.69) is 55.3 Å². The van der Waals surface area contributed by atoms with Crippen molar-refractivity contribution in [3.63, 3.8) is 0 Å². The summed E-state index contributed by atoms with van der Waals surface area (Å²) >= 11 is 1.61. The minimum Gasteiger partial charge on any atom is -0.379 e. The topological polar surface area (TPSA) is 41.6 Å². The van der Waals surface area contributed by atoms with Crippen molar-refractivity contribution >= 4 is 23.4 Å². The van der Waals surface area contributed by atoms with Gasteiger partial charge in [-0.1, -0.05) is 29.8 Å². The van der Waals surface area contributed by atoms with Gasteiger partial charge in [-0.15, -0.1) is 11.8 Å². The first-order valence-electron chi connectivity index (χ1n) is 9.41. The molecule has 5 heteroatoms. The van der Waals surface area contributed by atoms with Crippen LogP contribution in [0, 0.1) is 20.8 Å². The monoisotopic (exact) mass is 384 g/mol. The van der Waals surface area contributed by atoms with Crippen LogP contribution in [-0.4, -0.2) is 42.9 Å². The molecular weight excluding hydrogens is 356 g/mol. The van der Waals surface area contributed by atoms with Crippen LogP contribution < -0.4 is 5.32 Å². The third-order valence-electron chi connectivity index (χ3n) is 4.70. The van der Waals surface area contributed by atoms with Crippen LogP contribution in [0.15, 0.2) is 41.3 Å². The molecule has 27 heavy (non-hydrogen) atoms. The number of anilines is 1. The Morgan fingerprint density at radius 2 is 1.70 bits per heavy atom. The summed E-state index contributed by atoms with van der Waals surface area (Å²) in [5.41, 5.74) is 5.84. The van der Waals surface area contributed by atoms with Crippen LogP contribution >= 0.6 is 11.8 Å². The van der Waals surface area contributed by atoms with Crippen molar-refractivity contribution in [2.45, 2.75) is 32.2 Å². The highest BCUT2D eigenvalue weighted by atomic mass is 32.2. The minimum absolute atomic E-state index is 0.0281. The number of nitrogens with zero attached hydrogens (tertiary/aromatic N) is 1. The Balaban J connectivity index is 1.50. The molecule has 0 atom stereocenters. The molecule has 4 nitrogen and oxygen atoms in total. The molecule has 0 aromatic heterocycles. The van der Waals surface area contributed by atoms with Crippen LogP contribution in [-0.2, 0) is 16.1 Å². The first-order valence-corrected chi connectivity index (χ1v) is 10.4. The quantitative estimate of drug-likeness (QED) is 0.759. The van der Waals surface area contributed by atoms with Crippen molar-refractivity contribution in [1.82, 2.24) is 4.90 Å². The molecule has 1 aliphatic heterocycles. The zero-order chi connectivity index (χ0) is 19.2. The molecule has 0 aliphatic carbocycles. The van der Waals surface area contributed by atoms with Crippen LogP contribution in [0.25, 0.3) is 0 Å². The number of amides is 1. The zero-order valence-electron chi connectivity index (χ0n) is 16.4. The molecule has 2 aromatic rings. The lowest BCUT2D eigenvalue weighted by atomic mass is 10.1. The molecule has 144 valence electrons. The van der Waals surface area contributed by atoms with E-state index in [-0.39, 0.29) is 5.91 Å². The van der Waals surface area contributed by atoms with Crippen LogP contribution in [0.5, 0.6) is 0 Å². The van der Waals surface area contributed by atoms with E-state index in [1.165, 1.54) is 27.1 Å². The summed E-state index contributed by atoms with van der Waals surface area (Å²) in [6.07, 6.45) is 0. The van der Waals surface area contributed by atoms with Crippen molar-refractivity contribution in [3.8, 4) is 0 Å². The lowest BCUT2D eigenvalue weighted by Gasteiger charge is -2.26. The molecule has 0 spiro atoms. The third-order valence-corrected chi connectivity index (χ3v) is 6.04. The highest BCUT2D eigenvalue weighted by molar-refractivity contribution is 8.00. The van der Waals surface area contributed by atoms with E-state index in [9.17, 15) is 4.79 Å². The Bertz CT molecular complexity index is 760. The van der Waals surface area contributed by atoms with Crippen LogP contribution in [0.3, 0.4) is 0 Å². The summed E-state index contributed by atoms with van der Waals surface area (Å²) in [4.78, 5) is 15.9. The van der Waals surface area contributed by atoms with Crippen LogP contribution in [0.4, 0.5) is 5.69 Å². The predicted molar refractivity (Wildman–Crippen MR) is 113 cm³/mol. The fourth-order valence-electron chi connectivity index (χ4n) is 3.44. The van der Waals surface area contributed by atoms with Crippen LogP contribution in [0.2, 0.25) is 0 Å². The van der Waals surface area contributed by atoms with Gasteiger partial charge in [-0.05, 0) is 49.6 Å². The number of aryl methyl sites for hydroxylation is 3. The normalized spacial score (nSPS) is 14.9. The molecule has 3 rings (SSSR count). The van der Waals surface area contributed by atoms with Gasteiger partial charge in [0.25, 0.3) is 0 Å². The van der Waals surface area contributed by atoms with Gasteiger partial charge in [-0.25, -0.2) is 0 Å². The van der Waals surface area contributed by atoms with Gasteiger partial charge in [0.1, 0.15) is 0 Å². The number of carbonyl (C=O) groups is 1. The van der Waals surface area contributed by atoms with Crippen LogP contribution in [0.1, 0.15) is 22.3 Å². The minimum atomic E-state index is 0.0281. The Morgan fingerprint density at radius 1 is 1.07 bits per heavy atom. The van der Waals surface area contributed by atoms with E-state index in [1.54, 1.807) is 11.8 Å². The van der Waals surface area contributed by atoms with Crippen molar-refractivity contribution in [3.05, 3.63) is 58.7 Å². The second-order valence-corrected chi connectivity index (χ2v) is 8.14. The standard InChI is InChI=1S/C22H28N2O2S/c1-16-12-17(2)22(18(3)13-16)27-15-21(25)23-20-6-4-19(5-7-20)14-24-8-10-26-11-9-24/h4-7,12-13H,8-11,14-15H2,1-3H3,(H,23,25). The number of carbonyl (C=O) groups excluding carboxylic acids is 1. The summed E-state index contributed by atoms with van der Waals surface area (Å²) in [6.45, 7) is 10.8. The average molecular weight is 385 g/mol. The molecule has 0 saturated carbocycles. The summed E-state index contributed by atoms with van der Waals surface area (Å²) in [7, 11) is 0. The first kappa shape index (κ1) is 19.9. The van der Waals surface area contributed by atoms with Gasteiger partial charge < -0.3 is 10.1 Å². The fraction of sp³-hybridized carbons (Fsp3) is 0.409. The Morgan fingerprint density at radius 3 is 2.33 bits per heavy atom. The lowest BCUT2D eigenvalue weighted by Crippen LogP contribution is -2.35. The predicted octanol–water partition coefficient (Wildman–Crippen LogP) is 4.17. The third kappa shape index (κ3) is 5.83. The number of hydrogen-bond donors (Lipinski definition) is 1. The van der Waals surface area contributed by atoms with E-state index >= 15 is 0 Å². The maximum atomic E-state index is 12.3. The van der Waals surface area contributed by atoms with Gasteiger partial charge in [0, 0.05) is 30.2 Å². The smallest absolute Gasteiger partial charge is 0.234 e. The summed E-state index contributed by atoms with van der Waals surface area (Å²) in [5, 5.41) is 3.00. The molecule has 1 fully saturated rings. The number of nitrogens with one attached hydrogen (secondary N) is 1. The summed E-state index contributed by atoms with van der Waals surface area (Å²) < 4.78 is 5.38. The maximum Gasteiger partial charge on any atom is 0.234 e.